The number of carboxylic acids is 1. The first-order valence-electron chi connectivity index (χ1n) is 4.63. The quantitative estimate of drug-likeness (QED) is 0.748. The number of nitrogens with one attached hydrogen (secondary N) is 1. The molecule has 0 spiro atoms. The molecular formula is C12H8N2O2. The second kappa shape index (κ2) is 3.91. The average molecular weight is 212 g/mol. The van der Waals surface area contributed by atoms with E-state index < -0.39 is 5.97 Å². The molecule has 1 aromatic carbocycles. The summed E-state index contributed by atoms with van der Waals surface area (Å²) < 4.78 is 0. The molecular weight excluding hydrogens is 204 g/mol. The fourth-order valence-electron chi connectivity index (χ4n) is 1.48. The number of aliphatic carboxylic acids is 1. The van der Waals surface area contributed by atoms with Crippen LogP contribution in [0.25, 0.3) is 17.0 Å². The van der Waals surface area contributed by atoms with E-state index in [0.717, 1.165) is 17.0 Å². The molecule has 0 aliphatic carbocycles. The SMILES string of the molecule is N#Cc1ccc2[nH]c(C=CC(=O)O)cc2c1. The number of nitrogens with zero attached hydrogens (tertiary/aromatic N) is 1. The van der Waals surface area contributed by atoms with Crippen LogP contribution in [0.5, 0.6) is 0 Å². The van der Waals surface area contributed by atoms with Gasteiger partial charge in [0.2, 0.25) is 0 Å². The summed E-state index contributed by atoms with van der Waals surface area (Å²) in [5.74, 6) is -0.989. The Labute approximate surface area is 91.4 Å². The largest absolute Gasteiger partial charge is 0.478 e. The lowest BCUT2D eigenvalue weighted by Crippen LogP contribution is -1.85. The van der Waals surface area contributed by atoms with E-state index in [-0.39, 0.29) is 0 Å². The van der Waals surface area contributed by atoms with Crippen molar-refractivity contribution in [3.8, 4) is 6.07 Å². The summed E-state index contributed by atoms with van der Waals surface area (Å²) >= 11 is 0. The van der Waals surface area contributed by atoms with Crippen LogP contribution >= 0.6 is 0 Å². The summed E-state index contributed by atoms with van der Waals surface area (Å²) in [5, 5.41) is 18.1. The van der Waals surface area contributed by atoms with E-state index in [4.69, 9.17) is 10.4 Å². The number of aromatic amines is 1. The highest BCUT2D eigenvalue weighted by Gasteiger charge is 1.99. The predicted molar refractivity (Wildman–Crippen MR) is 59.7 cm³/mol. The summed E-state index contributed by atoms with van der Waals surface area (Å²) in [7, 11) is 0. The highest BCUT2D eigenvalue weighted by atomic mass is 16.4. The Balaban J connectivity index is 2.45. The van der Waals surface area contributed by atoms with E-state index in [9.17, 15) is 4.79 Å². The standard InChI is InChI=1S/C12H8N2O2/c13-7-8-1-3-11-9(5-8)6-10(14-11)2-4-12(15)16/h1-6,14H,(H,15,16). The maximum Gasteiger partial charge on any atom is 0.328 e. The normalized spacial score (nSPS) is 10.7. The lowest BCUT2D eigenvalue weighted by atomic mass is 10.2. The van der Waals surface area contributed by atoms with E-state index in [1.165, 1.54) is 6.08 Å². The molecule has 4 heteroatoms. The molecule has 0 saturated heterocycles. The smallest absolute Gasteiger partial charge is 0.328 e. The lowest BCUT2D eigenvalue weighted by Gasteiger charge is -1.88. The zero-order chi connectivity index (χ0) is 11.5. The molecule has 4 nitrogen and oxygen atoms in total. The number of benzene rings is 1. The summed E-state index contributed by atoms with van der Waals surface area (Å²) in [6.07, 6.45) is 2.55. The van der Waals surface area contributed by atoms with Crippen molar-refractivity contribution in [2.45, 2.75) is 0 Å². The molecule has 0 bridgehead atoms. The number of hydrogen-bond donors (Lipinski definition) is 2. The third kappa shape index (κ3) is 1.93. The van der Waals surface area contributed by atoms with Crippen molar-refractivity contribution >= 4 is 22.9 Å². The van der Waals surface area contributed by atoms with Gasteiger partial charge in [0, 0.05) is 22.7 Å². The zero-order valence-electron chi connectivity index (χ0n) is 8.27. The number of fused-ring (bicyclic) bond motifs is 1. The molecule has 1 heterocycles. The Morgan fingerprint density at radius 1 is 1.44 bits per heavy atom. The molecule has 16 heavy (non-hydrogen) atoms. The van der Waals surface area contributed by atoms with Gasteiger partial charge >= 0.3 is 5.97 Å². The Morgan fingerprint density at radius 2 is 2.25 bits per heavy atom. The molecule has 2 N–H and O–H groups in total. The number of H-pyrrole nitrogens is 1. The van der Waals surface area contributed by atoms with Crippen molar-refractivity contribution in [1.29, 1.82) is 5.26 Å². The van der Waals surface area contributed by atoms with E-state index in [1.54, 1.807) is 24.3 Å². The fraction of sp³-hybridized carbons (Fsp3) is 0. The molecule has 78 valence electrons. The van der Waals surface area contributed by atoms with Crippen LogP contribution < -0.4 is 0 Å². The van der Waals surface area contributed by atoms with Gasteiger partial charge in [0.15, 0.2) is 0 Å². The maximum absolute atomic E-state index is 10.3. The van der Waals surface area contributed by atoms with Crippen molar-refractivity contribution < 1.29 is 9.90 Å². The number of carbonyl (C=O) groups is 1. The minimum Gasteiger partial charge on any atom is -0.478 e. The minimum atomic E-state index is -0.989. The van der Waals surface area contributed by atoms with E-state index in [0.29, 0.717) is 11.3 Å². The van der Waals surface area contributed by atoms with Crippen LogP contribution in [0.15, 0.2) is 30.3 Å². The van der Waals surface area contributed by atoms with Crippen molar-refractivity contribution in [2.75, 3.05) is 0 Å². The second-order valence-electron chi connectivity index (χ2n) is 3.31. The first-order chi connectivity index (χ1) is 7.69. The van der Waals surface area contributed by atoms with Gasteiger partial charge in [-0.3, -0.25) is 0 Å². The molecule has 0 aliphatic rings. The first-order valence-corrected chi connectivity index (χ1v) is 4.63. The molecule has 2 rings (SSSR count). The van der Waals surface area contributed by atoms with Gasteiger partial charge in [-0.25, -0.2) is 4.79 Å². The molecule has 0 unspecified atom stereocenters. The van der Waals surface area contributed by atoms with Gasteiger partial charge in [-0.1, -0.05) is 0 Å². The van der Waals surface area contributed by atoms with E-state index >= 15 is 0 Å². The van der Waals surface area contributed by atoms with E-state index in [1.807, 2.05) is 0 Å². The maximum atomic E-state index is 10.3. The Kier molecular flexibility index (Phi) is 2.44. The van der Waals surface area contributed by atoms with Gasteiger partial charge in [0.05, 0.1) is 11.6 Å². The average Bonchev–Trinajstić information content (AvgIpc) is 2.67. The van der Waals surface area contributed by atoms with Crippen LogP contribution in [0.2, 0.25) is 0 Å². The van der Waals surface area contributed by atoms with Crippen LogP contribution in [0.1, 0.15) is 11.3 Å². The van der Waals surface area contributed by atoms with Crippen LogP contribution in [-0.4, -0.2) is 16.1 Å². The Bertz CT molecular complexity index is 617. The zero-order valence-corrected chi connectivity index (χ0v) is 8.27. The monoisotopic (exact) mass is 212 g/mol. The fourth-order valence-corrected chi connectivity index (χ4v) is 1.48. The van der Waals surface area contributed by atoms with Crippen molar-refractivity contribution in [2.24, 2.45) is 0 Å². The number of carboxylic acid groups (broad SMARTS) is 1. The summed E-state index contributed by atoms with van der Waals surface area (Å²) in [4.78, 5) is 13.4. The van der Waals surface area contributed by atoms with Gasteiger partial charge in [0.1, 0.15) is 0 Å². The molecule has 0 fully saturated rings. The molecule has 0 atom stereocenters. The Morgan fingerprint density at radius 3 is 2.94 bits per heavy atom. The Hall–Kier alpha value is -2.54. The molecule has 0 amide bonds. The van der Waals surface area contributed by atoms with Crippen molar-refractivity contribution in [1.82, 2.24) is 4.98 Å². The molecule has 0 radical (unpaired) electrons. The van der Waals surface area contributed by atoms with Gasteiger partial charge in [-0.2, -0.15) is 5.26 Å². The molecule has 1 aromatic heterocycles. The minimum absolute atomic E-state index is 0.584. The first kappa shape index (κ1) is 9.99. The van der Waals surface area contributed by atoms with Crippen LogP contribution in [0, 0.1) is 11.3 Å². The van der Waals surface area contributed by atoms with Crippen LogP contribution in [0.4, 0.5) is 0 Å². The topological polar surface area (TPSA) is 76.9 Å². The molecule has 0 saturated carbocycles. The van der Waals surface area contributed by atoms with E-state index in [2.05, 4.69) is 11.1 Å². The third-order valence-corrected chi connectivity index (χ3v) is 2.18. The summed E-state index contributed by atoms with van der Waals surface area (Å²) in [5.41, 5.74) is 2.16. The van der Waals surface area contributed by atoms with Gasteiger partial charge < -0.3 is 10.1 Å². The molecule has 2 aromatic rings. The highest BCUT2D eigenvalue weighted by molar-refractivity contribution is 5.88. The van der Waals surface area contributed by atoms with Crippen LogP contribution in [0.3, 0.4) is 0 Å². The van der Waals surface area contributed by atoms with Gasteiger partial charge in [0.25, 0.3) is 0 Å². The summed E-state index contributed by atoms with van der Waals surface area (Å²) in [6, 6.07) is 9.12. The van der Waals surface area contributed by atoms with Crippen LogP contribution in [-0.2, 0) is 4.79 Å². The van der Waals surface area contributed by atoms with Gasteiger partial charge in [-0.15, -0.1) is 0 Å². The van der Waals surface area contributed by atoms with Crippen molar-refractivity contribution in [3.63, 3.8) is 0 Å². The van der Waals surface area contributed by atoms with Crippen molar-refractivity contribution in [3.05, 3.63) is 41.6 Å². The third-order valence-electron chi connectivity index (χ3n) is 2.18. The molecule has 0 aliphatic heterocycles. The number of aromatic nitrogens is 1. The number of hydrogen-bond acceptors (Lipinski definition) is 2. The second-order valence-corrected chi connectivity index (χ2v) is 3.31. The number of rotatable bonds is 2. The summed E-state index contributed by atoms with van der Waals surface area (Å²) in [6.45, 7) is 0. The lowest BCUT2D eigenvalue weighted by molar-refractivity contribution is -0.131. The number of nitriles is 1. The highest BCUT2D eigenvalue weighted by Crippen LogP contribution is 2.17. The predicted octanol–water partition coefficient (Wildman–Crippen LogP) is 2.14. The van der Waals surface area contributed by atoms with Gasteiger partial charge in [-0.05, 0) is 30.3 Å².